The summed E-state index contributed by atoms with van der Waals surface area (Å²) < 4.78 is 0. The van der Waals surface area contributed by atoms with Gasteiger partial charge in [0, 0.05) is 0 Å². The third kappa shape index (κ3) is 2.80. The van der Waals surface area contributed by atoms with Crippen molar-refractivity contribution in [2.24, 2.45) is 32.5 Å². The summed E-state index contributed by atoms with van der Waals surface area (Å²) in [6.07, 6.45) is 7.56. The molecule has 0 nitrogen and oxygen atoms in total. The molecule has 0 N–H and O–H groups in total. The monoisotopic (exact) mass is 306 g/mol. The molecule has 0 aliphatic heterocycles. The van der Waals surface area contributed by atoms with Crippen LogP contribution in [-0.4, -0.2) is 0 Å². The molecule has 0 spiro atoms. The molecular weight excluding hydrogens is 264 g/mol. The van der Waals surface area contributed by atoms with Gasteiger partial charge in [0.2, 0.25) is 0 Å². The molecule has 0 saturated heterocycles. The van der Waals surface area contributed by atoms with Crippen LogP contribution in [0.1, 0.15) is 95.9 Å². The summed E-state index contributed by atoms with van der Waals surface area (Å²) >= 11 is 0. The van der Waals surface area contributed by atoms with E-state index in [9.17, 15) is 0 Å². The van der Waals surface area contributed by atoms with Gasteiger partial charge in [-0.05, 0) is 45.3 Å². The summed E-state index contributed by atoms with van der Waals surface area (Å²) in [4.78, 5) is 0. The van der Waals surface area contributed by atoms with Gasteiger partial charge in [-0.2, -0.15) is 0 Å². The predicted molar refractivity (Wildman–Crippen MR) is 101 cm³/mol. The Morgan fingerprint density at radius 1 is 0.591 bits per heavy atom. The summed E-state index contributed by atoms with van der Waals surface area (Å²) in [6.45, 7) is 29.3. The first kappa shape index (κ1) is 19.8. The summed E-state index contributed by atoms with van der Waals surface area (Å²) in [5.74, 6) is 0. The number of rotatable bonds is 0. The zero-order valence-electron chi connectivity index (χ0n) is 17.6. The van der Waals surface area contributed by atoms with Gasteiger partial charge in [-0.1, -0.05) is 95.2 Å². The maximum absolute atomic E-state index is 2.57. The van der Waals surface area contributed by atoms with Crippen LogP contribution in [0.4, 0.5) is 0 Å². The number of hydrogen-bond donors (Lipinski definition) is 0. The third-order valence-corrected chi connectivity index (χ3v) is 7.00. The first-order valence-electron chi connectivity index (χ1n) is 9.09. The normalized spacial score (nSPS) is 22.7. The van der Waals surface area contributed by atoms with Crippen LogP contribution < -0.4 is 0 Å². The van der Waals surface area contributed by atoms with Crippen LogP contribution in [-0.2, 0) is 0 Å². The fourth-order valence-corrected chi connectivity index (χ4v) is 5.49. The van der Waals surface area contributed by atoms with Crippen LogP contribution in [0, 0.1) is 32.5 Å². The lowest BCUT2D eigenvalue weighted by molar-refractivity contribution is -0.124. The lowest BCUT2D eigenvalue weighted by atomic mass is 9.40. The van der Waals surface area contributed by atoms with Crippen LogP contribution in [0.5, 0.6) is 0 Å². The Bertz CT molecular complexity index is 393. The van der Waals surface area contributed by atoms with Crippen molar-refractivity contribution >= 4 is 0 Å². The second kappa shape index (κ2) is 5.12. The molecule has 130 valence electrons. The van der Waals surface area contributed by atoms with Crippen molar-refractivity contribution < 1.29 is 0 Å². The minimum Gasteiger partial charge on any atom is -0.0873 e. The van der Waals surface area contributed by atoms with Crippen molar-refractivity contribution in [3.05, 3.63) is 12.2 Å². The molecule has 1 aliphatic rings. The zero-order chi connectivity index (χ0) is 17.8. The van der Waals surface area contributed by atoms with Crippen LogP contribution >= 0.6 is 0 Å². The van der Waals surface area contributed by atoms with E-state index >= 15 is 0 Å². The molecular formula is C22H42. The topological polar surface area (TPSA) is 0 Å². The minimum atomic E-state index is 0.221. The van der Waals surface area contributed by atoms with E-state index in [2.05, 4.69) is 95.2 Å². The van der Waals surface area contributed by atoms with Crippen LogP contribution in [0.25, 0.3) is 0 Å². The SMILES string of the molecule is CC(C)(C)C1(C(C)(C)C)C=CCC(C(C)(C)C)(C(C)(C)C)C1. The van der Waals surface area contributed by atoms with E-state index in [4.69, 9.17) is 0 Å². The highest BCUT2D eigenvalue weighted by atomic mass is 14.6. The molecule has 0 heteroatoms. The predicted octanol–water partition coefficient (Wildman–Crippen LogP) is 7.49. The van der Waals surface area contributed by atoms with Crippen LogP contribution in [0.2, 0.25) is 0 Å². The molecule has 0 unspecified atom stereocenters. The lowest BCUT2D eigenvalue weighted by Crippen LogP contribution is -2.57. The molecule has 0 aromatic rings. The van der Waals surface area contributed by atoms with Crippen molar-refractivity contribution in [3.8, 4) is 0 Å². The van der Waals surface area contributed by atoms with Crippen LogP contribution in [0.3, 0.4) is 0 Å². The minimum absolute atomic E-state index is 0.221. The Hall–Kier alpha value is -0.260. The summed E-state index contributed by atoms with van der Waals surface area (Å²) in [5, 5.41) is 0. The quantitative estimate of drug-likeness (QED) is 0.406. The molecule has 0 aromatic carbocycles. The Balaban J connectivity index is 3.64. The Labute approximate surface area is 141 Å². The second-order valence-corrected chi connectivity index (χ2v) is 11.8. The van der Waals surface area contributed by atoms with Gasteiger partial charge < -0.3 is 0 Å². The van der Waals surface area contributed by atoms with Gasteiger partial charge in [0.1, 0.15) is 0 Å². The first-order valence-corrected chi connectivity index (χ1v) is 9.09. The second-order valence-electron chi connectivity index (χ2n) is 11.8. The average molecular weight is 307 g/mol. The maximum atomic E-state index is 2.57. The van der Waals surface area contributed by atoms with Crippen molar-refractivity contribution in [1.29, 1.82) is 0 Å². The number of allylic oxidation sites excluding steroid dienone is 2. The third-order valence-electron chi connectivity index (χ3n) is 7.00. The number of hydrogen-bond acceptors (Lipinski definition) is 0. The van der Waals surface area contributed by atoms with Crippen LogP contribution in [0.15, 0.2) is 12.2 Å². The Morgan fingerprint density at radius 3 is 1.23 bits per heavy atom. The molecule has 0 saturated carbocycles. The van der Waals surface area contributed by atoms with Gasteiger partial charge >= 0.3 is 0 Å². The highest BCUT2D eigenvalue weighted by Crippen LogP contribution is 2.68. The molecule has 0 radical (unpaired) electrons. The molecule has 0 bridgehead atoms. The average Bonchev–Trinajstić information content (AvgIpc) is 2.22. The summed E-state index contributed by atoms with van der Waals surface area (Å²) in [5.41, 5.74) is 1.62. The lowest BCUT2D eigenvalue weighted by Gasteiger charge is -2.64. The largest absolute Gasteiger partial charge is 0.0873 e. The fourth-order valence-electron chi connectivity index (χ4n) is 5.49. The molecule has 1 rings (SSSR count). The van der Waals surface area contributed by atoms with E-state index in [1.54, 1.807) is 0 Å². The molecule has 0 amide bonds. The van der Waals surface area contributed by atoms with E-state index in [1.807, 2.05) is 0 Å². The van der Waals surface area contributed by atoms with E-state index in [0.29, 0.717) is 5.41 Å². The van der Waals surface area contributed by atoms with Gasteiger partial charge in [-0.25, -0.2) is 0 Å². The highest BCUT2D eigenvalue weighted by Gasteiger charge is 2.60. The van der Waals surface area contributed by atoms with Crippen molar-refractivity contribution in [1.82, 2.24) is 0 Å². The Morgan fingerprint density at radius 2 is 0.955 bits per heavy atom. The fraction of sp³-hybridized carbons (Fsp3) is 0.909. The first-order chi connectivity index (χ1) is 9.41. The molecule has 0 heterocycles. The molecule has 22 heavy (non-hydrogen) atoms. The van der Waals surface area contributed by atoms with Gasteiger partial charge in [0.25, 0.3) is 0 Å². The van der Waals surface area contributed by atoms with E-state index in [0.717, 1.165) is 0 Å². The Kier molecular flexibility index (Phi) is 4.60. The van der Waals surface area contributed by atoms with Gasteiger partial charge in [0.05, 0.1) is 0 Å². The van der Waals surface area contributed by atoms with Crippen molar-refractivity contribution in [2.45, 2.75) is 95.9 Å². The van der Waals surface area contributed by atoms with Gasteiger partial charge in [-0.3, -0.25) is 0 Å². The molecule has 0 aromatic heterocycles. The van der Waals surface area contributed by atoms with E-state index in [-0.39, 0.29) is 27.1 Å². The highest BCUT2D eigenvalue weighted by molar-refractivity contribution is 5.21. The smallest absolute Gasteiger partial charge is 0.00155 e. The van der Waals surface area contributed by atoms with Crippen molar-refractivity contribution in [2.75, 3.05) is 0 Å². The van der Waals surface area contributed by atoms with E-state index in [1.165, 1.54) is 12.8 Å². The molecule has 0 fully saturated rings. The molecule has 1 aliphatic carbocycles. The molecule has 0 atom stereocenters. The maximum Gasteiger partial charge on any atom is -0.00155 e. The standard InChI is InChI=1S/C22H42/c1-17(2,3)21(18(4,5)6)14-13-15-22(16-21,19(7,8)9)20(10,11)12/h13-14H,15-16H2,1-12H3. The summed E-state index contributed by atoms with van der Waals surface area (Å²) in [7, 11) is 0. The van der Waals surface area contributed by atoms with Gasteiger partial charge in [-0.15, -0.1) is 0 Å². The zero-order valence-corrected chi connectivity index (χ0v) is 17.6. The van der Waals surface area contributed by atoms with Crippen molar-refractivity contribution in [3.63, 3.8) is 0 Å². The summed E-state index contributed by atoms with van der Waals surface area (Å²) in [6, 6.07) is 0. The van der Waals surface area contributed by atoms with Gasteiger partial charge in [0.15, 0.2) is 0 Å². The van der Waals surface area contributed by atoms with E-state index < -0.39 is 0 Å².